The van der Waals surface area contributed by atoms with Gasteiger partial charge in [-0.05, 0) is 113 Å². The number of fused-ring (bicyclic) bond motifs is 3. The van der Waals surface area contributed by atoms with Crippen molar-refractivity contribution >= 4 is 29.3 Å². The lowest BCUT2D eigenvalue weighted by Gasteiger charge is -2.15. The zero-order valence-electron chi connectivity index (χ0n) is 34.5. The van der Waals surface area contributed by atoms with Gasteiger partial charge in [-0.3, -0.25) is 9.59 Å². The van der Waals surface area contributed by atoms with Crippen LogP contribution in [0.2, 0.25) is 0 Å². The summed E-state index contributed by atoms with van der Waals surface area (Å²) in [4.78, 5) is 44.8. The van der Waals surface area contributed by atoms with Crippen LogP contribution in [0.15, 0.2) is 149 Å². The molecule has 0 saturated heterocycles. The molecule has 330 valence electrons. The number of azide groups is 1. The summed E-state index contributed by atoms with van der Waals surface area (Å²) >= 11 is 0. The van der Waals surface area contributed by atoms with Gasteiger partial charge in [-0.15, -0.1) is 0 Å². The number of carbonyl (C=O) groups excluding carboxylic acids is 3. The van der Waals surface area contributed by atoms with E-state index in [4.69, 9.17) is 19.7 Å². The monoisotopic (exact) mass is 883 g/mol. The zero-order valence-corrected chi connectivity index (χ0v) is 34.5. The molecule has 0 unspecified atom stereocenters. The van der Waals surface area contributed by atoms with Crippen LogP contribution in [-0.2, 0) is 17.5 Å². The van der Waals surface area contributed by atoms with E-state index in [1.807, 2.05) is 48.5 Å². The van der Waals surface area contributed by atoms with Crippen molar-refractivity contribution in [3.05, 3.63) is 177 Å². The third-order valence-corrected chi connectivity index (χ3v) is 9.93. The van der Waals surface area contributed by atoms with E-state index in [0.717, 1.165) is 28.3 Å². The molecule has 3 amide bonds. The van der Waals surface area contributed by atoms with Crippen LogP contribution < -0.4 is 25.4 Å². The molecule has 0 radical (unpaired) electrons. The van der Waals surface area contributed by atoms with Crippen LogP contribution in [0.5, 0.6) is 17.4 Å². The van der Waals surface area contributed by atoms with E-state index in [0.29, 0.717) is 42.3 Å². The minimum atomic E-state index is -4.83. The first-order valence-corrected chi connectivity index (χ1v) is 20.3. The number of halogens is 3. The number of azo groups is 1. The van der Waals surface area contributed by atoms with E-state index in [1.54, 1.807) is 48.5 Å². The van der Waals surface area contributed by atoms with Gasteiger partial charge < -0.3 is 30.2 Å². The first-order valence-electron chi connectivity index (χ1n) is 20.3. The number of nitrogens with one attached hydrogen (secondary N) is 3. The molecule has 18 heteroatoms. The second-order valence-corrected chi connectivity index (χ2v) is 14.4. The summed E-state index contributed by atoms with van der Waals surface area (Å²) in [7, 11) is 0. The Morgan fingerprint density at radius 2 is 1.34 bits per heavy atom. The second kappa shape index (κ2) is 21.2. The largest absolute Gasteiger partial charge is 0.494 e. The molecule has 65 heavy (non-hydrogen) atoms. The number of amides is 3. The predicted molar refractivity (Wildman–Crippen MR) is 234 cm³/mol. The summed E-state index contributed by atoms with van der Waals surface area (Å²) < 4.78 is 58.5. The van der Waals surface area contributed by atoms with Crippen LogP contribution in [-0.4, -0.2) is 55.7 Å². The van der Waals surface area contributed by atoms with Crippen LogP contribution in [0.1, 0.15) is 55.4 Å². The Bertz CT molecular complexity index is 2680. The third kappa shape index (κ3) is 12.2. The molecule has 1 aliphatic rings. The summed E-state index contributed by atoms with van der Waals surface area (Å²) in [5.41, 5.74) is 12.9. The van der Waals surface area contributed by atoms with Gasteiger partial charge in [0.05, 0.1) is 18.0 Å². The smallest absolute Gasteiger partial charge is 0.433 e. The van der Waals surface area contributed by atoms with Gasteiger partial charge >= 0.3 is 12.3 Å². The molecule has 0 spiro atoms. The SMILES string of the molecule is [N-]=[N+]=NCCCOc1ccc(N=Nc2ccc(C(=O)NCCNC(=O)c3cccc(Oc4cc(CNC(=O)OCC5c6ccccc6-c6ccccc65)cc(C(F)(F)F)n4)c3)cc2)cc1. The highest BCUT2D eigenvalue weighted by Crippen LogP contribution is 2.44. The Kier molecular flexibility index (Phi) is 14.6. The minimum absolute atomic E-state index is 0.0294. The van der Waals surface area contributed by atoms with Crippen LogP contribution in [0, 0.1) is 0 Å². The first-order chi connectivity index (χ1) is 31.5. The molecule has 15 nitrogen and oxygen atoms in total. The number of alkyl halides is 3. The van der Waals surface area contributed by atoms with Crippen molar-refractivity contribution in [2.24, 2.45) is 15.3 Å². The summed E-state index contributed by atoms with van der Waals surface area (Å²) in [5, 5.41) is 19.8. The maximum absolute atomic E-state index is 13.9. The lowest BCUT2D eigenvalue weighted by atomic mass is 9.98. The summed E-state index contributed by atoms with van der Waals surface area (Å²) in [6.07, 6.45) is -5.04. The van der Waals surface area contributed by atoms with Gasteiger partial charge in [0.1, 0.15) is 23.8 Å². The molecule has 3 N–H and O–H groups in total. The number of carbonyl (C=O) groups is 3. The Labute approximate surface area is 370 Å². The lowest BCUT2D eigenvalue weighted by Crippen LogP contribution is -2.34. The molecule has 5 aromatic carbocycles. The van der Waals surface area contributed by atoms with E-state index in [1.165, 1.54) is 30.3 Å². The molecule has 1 heterocycles. The van der Waals surface area contributed by atoms with Gasteiger partial charge in [-0.2, -0.15) is 23.4 Å². The number of hydrogen-bond acceptors (Lipinski definition) is 10. The van der Waals surface area contributed by atoms with E-state index in [-0.39, 0.29) is 54.9 Å². The first kappa shape index (κ1) is 44.8. The maximum Gasteiger partial charge on any atom is 0.433 e. The van der Waals surface area contributed by atoms with Gasteiger partial charge in [0.15, 0.2) is 0 Å². The summed E-state index contributed by atoms with van der Waals surface area (Å²) in [5.74, 6) is -0.821. The molecule has 0 aliphatic heterocycles. The van der Waals surface area contributed by atoms with E-state index < -0.39 is 29.8 Å². The molecule has 7 rings (SSSR count). The van der Waals surface area contributed by atoms with Crippen LogP contribution in [0.4, 0.5) is 29.3 Å². The topological polar surface area (TPSA) is 201 Å². The highest BCUT2D eigenvalue weighted by atomic mass is 19.4. The van der Waals surface area contributed by atoms with E-state index in [2.05, 4.69) is 41.2 Å². The normalized spacial score (nSPS) is 11.8. The number of ether oxygens (including phenoxy) is 3. The molecular formula is C47H40F3N9O6. The highest BCUT2D eigenvalue weighted by molar-refractivity contribution is 5.95. The zero-order chi connectivity index (χ0) is 45.6. The molecule has 1 aliphatic carbocycles. The molecule has 1 aromatic heterocycles. The van der Waals surface area contributed by atoms with Crippen molar-refractivity contribution in [2.75, 3.05) is 32.8 Å². The molecule has 0 atom stereocenters. The van der Waals surface area contributed by atoms with Gasteiger partial charge in [0.2, 0.25) is 5.88 Å². The van der Waals surface area contributed by atoms with Crippen molar-refractivity contribution in [2.45, 2.75) is 25.1 Å². The number of benzene rings is 5. The fourth-order valence-corrected chi connectivity index (χ4v) is 6.83. The molecule has 6 aromatic rings. The Balaban J connectivity index is 0.866. The van der Waals surface area contributed by atoms with Gasteiger partial charge in [-0.25, -0.2) is 9.78 Å². The Morgan fingerprint density at radius 1 is 0.708 bits per heavy atom. The summed E-state index contributed by atoms with van der Waals surface area (Å²) in [6.45, 7) is 0.645. The molecular weight excluding hydrogens is 844 g/mol. The average molecular weight is 884 g/mol. The highest BCUT2D eigenvalue weighted by Gasteiger charge is 2.34. The summed E-state index contributed by atoms with van der Waals surface area (Å²) in [6, 6.07) is 36.9. The number of rotatable bonds is 18. The van der Waals surface area contributed by atoms with E-state index in [9.17, 15) is 27.6 Å². The van der Waals surface area contributed by atoms with Crippen LogP contribution >= 0.6 is 0 Å². The maximum atomic E-state index is 13.9. The quantitative estimate of drug-likeness (QED) is 0.0330. The molecule has 0 saturated carbocycles. The number of aromatic nitrogens is 1. The number of pyridine rings is 1. The second-order valence-electron chi connectivity index (χ2n) is 14.4. The van der Waals surface area contributed by atoms with Gasteiger partial charge in [0.25, 0.3) is 11.8 Å². The Hall–Kier alpha value is -8.24. The van der Waals surface area contributed by atoms with Crippen LogP contribution in [0.25, 0.3) is 21.6 Å². The van der Waals surface area contributed by atoms with Crippen molar-refractivity contribution in [1.29, 1.82) is 0 Å². The van der Waals surface area contributed by atoms with Gasteiger partial charge in [-0.1, -0.05) is 59.7 Å². The van der Waals surface area contributed by atoms with E-state index >= 15 is 0 Å². The predicted octanol–water partition coefficient (Wildman–Crippen LogP) is 10.6. The van der Waals surface area contributed by atoms with Gasteiger partial charge in [0, 0.05) is 54.2 Å². The molecule has 0 bridgehead atoms. The minimum Gasteiger partial charge on any atom is -0.494 e. The number of alkyl carbamates (subject to hydrolysis) is 1. The fraction of sp³-hybridized carbons (Fsp3) is 0.191. The standard InChI is InChI=1S/C47H40F3N9O6/c48-47(49,50)42-25-30(28-54-46(62)64-29-41-39-11-3-1-9-37(39)38-10-2-4-12-40(38)41)26-43(56-42)65-36-8-5-7-32(27-36)45(61)53-23-22-52-44(60)31-13-15-33(16-14-31)57-58-34-17-19-35(20-18-34)63-24-6-21-55-59-51/h1-5,7-20,25-27,41H,6,21-24,28-29H2,(H,52,60)(H,53,61)(H,54,62). The Morgan fingerprint density at radius 3 is 1.98 bits per heavy atom. The van der Waals surface area contributed by atoms with Crippen molar-refractivity contribution in [1.82, 2.24) is 20.9 Å². The number of hydrogen-bond donors (Lipinski definition) is 3. The van der Waals surface area contributed by atoms with Crippen molar-refractivity contribution in [3.63, 3.8) is 0 Å². The lowest BCUT2D eigenvalue weighted by molar-refractivity contribution is -0.141. The van der Waals surface area contributed by atoms with Crippen molar-refractivity contribution in [3.8, 4) is 28.5 Å². The third-order valence-electron chi connectivity index (χ3n) is 9.93. The van der Waals surface area contributed by atoms with Crippen molar-refractivity contribution < 1.29 is 41.8 Å². The fourth-order valence-electron chi connectivity index (χ4n) is 6.83. The average Bonchev–Trinajstić information content (AvgIpc) is 3.64. The molecule has 0 fully saturated rings. The number of nitrogens with zero attached hydrogens (tertiary/aromatic N) is 6. The van der Waals surface area contributed by atoms with Crippen LogP contribution in [0.3, 0.4) is 0 Å².